The van der Waals surface area contributed by atoms with Gasteiger partial charge in [-0.3, -0.25) is 4.79 Å². The minimum atomic E-state index is -0.0875. The van der Waals surface area contributed by atoms with Crippen LogP contribution in [0.2, 0.25) is 5.02 Å². The number of carbonyl (C=O) groups excluding carboxylic acids is 1. The van der Waals surface area contributed by atoms with Gasteiger partial charge < -0.3 is 15.0 Å². The first-order chi connectivity index (χ1) is 10.5. The Labute approximate surface area is 135 Å². The van der Waals surface area contributed by atoms with Crippen molar-refractivity contribution in [1.29, 1.82) is 0 Å². The van der Waals surface area contributed by atoms with E-state index in [1.54, 1.807) is 19.2 Å². The quantitative estimate of drug-likeness (QED) is 0.916. The second kappa shape index (κ2) is 7.18. The first kappa shape index (κ1) is 16.2. The van der Waals surface area contributed by atoms with Gasteiger partial charge in [-0.25, -0.2) is 0 Å². The number of anilines is 2. The van der Waals surface area contributed by atoms with Gasteiger partial charge in [0.2, 0.25) is 5.91 Å². The fraction of sp³-hybridized carbons (Fsp3) is 0.235. The van der Waals surface area contributed by atoms with Crippen LogP contribution in [-0.2, 0) is 11.2 Å². The molecule has 4 nitrogen and oxygen atoms in total. The van der Waals surface area contributed by atoms with E-state index >= 15 is 0 Å². The Bertz CT molecular complexity index is 654. The van der Waals surface area contributed by atoms with Crippen LogP contribution in [0.15, 0.2) is 42.5 Å². The lowest BCUT2D eigenvalue weighted by molar-refractivity contribution is -0.115. The van der Waals surface area contributed by atoms with Gasteiger partial charge >= 0.3 is 0 Å². The molecule has 2 rings (SSSR count). The average molecular weight is 319 g/mol. The number of hydrogen-bond donors (Lipinski definition) is 1. The maximum Gasteiger partial charge on any atom is 0.228 e. The van der Waals surface area contributed by atoms with Crippen molar-refractivity contribution in [1.82, 2.24) is 0 Å². The summed E-state index contributed by atoms with van der Waals surface area (Å²) in [6.07, 6.45) is 0.295. The van der Waals surface area contributed by atoms with Crippen molar-refractivity contribution >= 4 is 28.9 Å². The maximum atomic E-state index is 12.2. The number of ether oxygens (including phenoxy) is 1. The Kier molecular flexibility index (Phi) is 5.28. The number of benzene rings is 2. The zero-order chi connectivity index (χ0) is 16.1. The Morgan fingerprint density at radius 1 is 1.18 bits per heavy atom. The zero-order valence-electron chi connectivity index (χ0n) is 12.9. The first-order valence-electron chi connectivity index (χ1n) is 6.89. The number of amides is 1. The van der Waals surface area contributed by atoms with E-state index in [0.717, 1.165) is 17.0 Å². The van der Waals surface area contributed by atoms with E-state index in [9.17, 15) is 4.79 Å². The Morgan fingerprint density at radius 2 is 1.86 bits per heavy atom. The van der Waals surface area contributed by atoms with E-state index in [-0.39, 0.29) is 5.91 Å². The first-order valence-corrected chi connectivity index (χ1v) is 7.27. The molecule has 2 aromatic rings. The highest BCUT2D eigenvalue weighted by atomic mass is 35.5. The monoisotopic (exact) mass is 318 g/mol. The van der Waals surface area contributed by atoms with Crippen molar-refractivity contribution in [2.24, 2.45) is 0 Å². The van der Waals surface area contributed by atoms with Crippen LogP contribution in [0.3, 0.4) is 0 Å². The van der Waals surface area contributed by atoms with Crippen LogP contribution in [0, 0.1) is 0 Å². The average Bonchev–Trinajstić information content (AvgIpc) is 2.47. The van der Waals surface area contributed by atoms with Gasteiger partial charge in [0.05, 0.1) is 24.9 Å². The predicted octanol–water partition coefficient (Wildman–Crippen LogP) is 3.60. The van der Waals surface area contributed by atoms with Gasteiger partial charge in [0, 0.05) is 19.1 Å². The minimum Gasteiger partial charge on any atom is -0.497 e. The summed E-state index contributed by atoms with van der Waals surface area (Å²) in [5, 5.41) is 3.50. The number of rotatable bonds is 5. The summed E-state index contributed by atoms with van der Waals surface area (Å²) in [6, 6.07) is 12.9. The van der Waals surface area contributed by atoms with Crippen molar-refractivity contribution in [3.05, 3.63) is 53.1 Å². The second-order valence-corrected chi connectivity index (χ2v) is 5.57. The molecule has 1 N–H and O–H groups in total. The molecular formula is C17H19ClN2O2. The minimum absolute atomic E-state index is 0.0875. The molecule has 22 heavy (non-hydrogen) atoms. The van der Waals surface area contributed by atoms with Crippen molar-refractivity contribution in [3.8, 4) is 5.75 Å². The number of carbonyl (C=O) groups is 1. The van der Waals surface area contributed by atoms with E-state index in [0.29, 0.717) is 17.1 Å². The summed E-state index contributed by atoms with van der Waals surface area (Å²) in [5.74, 6) is 0.685. The standard InChI is InChI=1S/C17H19ClN2O2/c1-20(2)16-9-6-13(18)11-15(16)19-17(21)10-12-4-7-14(22-3)8-5-12/h4-9,11H,10H2,1-3H3,(H,19,21). The lowest BCUT2D eigenvalue weighted by Crippen LogP contribution is -2.18. The Balaban J connectivity index is 2.09. The molecule has 0 aromatic heterocycles. The Hall–Kier alpha value is -2.20. The van der Waals surface area contributed by atoms with Gasteiger partial charge in [0.25, 0.3) is 0 Å². The molecule has 0 unspecified atom stereocenters. The lowest BCUT2D eigenvalue weighted by atomic mass is 10.1. The van der Waals surface area contributed by atoms with Crippen molar-refractivity contribution in [2.75, 3.05) is 31.4 Å². The summed E-state index contributed by atoms with van der Waals surface area (Å²) < 4.78 is 5.10. The third-order valence-electron chi connectivity index (χ3n) is 3.24. The fourth-order valence-electron chi connectivity index (χ4n) is 2.12. The molecule has 1 amide bonds. The largest absolute Gasteiger partial charge is 0.497 e. The van der Waals surface area contributed by atoms with E-state index in [1.807, 2.05) is 49.3 Å². The van der Waals surface area contributed by atoms with Crippen LogP contribution in [0.5, 0.6) is 5.75 Å². The molecule has 0 heterocycles. The van der Waals surface area contributed by atoms with E-state index in [1.165, 1.54) is 0 Å². The topological polar surface area (TPSA) is 41.6 Å². The SMILES string of the molecule is COc1ccc(CC(=O)Nc2cc(Cl)ccc2N(C)C)cc1. The van der Waals surface area contributed by atoms with Crippen molar-refractivity contribution in [3.63, 3.8) is 0 Å². The molecule has 0 saturated carbocycles. The molecule has 0 saturated heterocycles. The smallest absolute Gasteiger partial charge is 0.228 e. The van der Waals surface area contributed by atoms with Crippen LogP contribution in [0.25, 0.3) is 0 Å². The normalized spacial score (nSPS) is 10.2. The highest BCUT2D eigenvalue weighted by molar-refractivity contribution is 6.31. The van der Waals surface area contributed by atoms with E-state index in [2.05, 4.69) is 5.32 Å². The van der Waals surface area contributed by atoms with Crippen LogP contribution in [0.1, 0.15) is 5.56 Å². The molecule has 0 radical (unpaired) electrons. The molecule has 0 aliphatic heterocycles. The number of nitrogens with zero attached hydrogens (tertiary/aromatic N) is 1. The number of nitrogens with one attached hydrogen (secondary N) is 1. The van der Waals surface area contributed by atoms with Crippen LogP contribution < -0.4 is 15.0 Å². The number of hydrogen-bond acceptors (Lipinski definition) is 3. The van der Waals surface area contributed by atoms with Gasteiger partial charge in [-0.05, 0) is 35.9 Å². The highest BCUT2D eigenvalue weighted by Gasteiger charge is 2.10. The van der Waals surface area contributed by atoms with Gasteiger partial charge in [-0.2, -0.15) is 0 Å². The Morgan fingerprint density at radius 3 is 2.45 bits per heavy atom. The lowest BCUT2D eigenvalue weighted by Gasteiger charge is -2.18. The highest BCUT2D eigenvalue weighted by Crippen LogP contribution is 2.28. The zero-order valence-corrected chi connectivity index (χ0v) is 13.6. The molecule has 0 fully saturated rings. The molecule has 116 valence electrons. The second-order valence-electron chi connectivity index (χ2n) is 5.13. The molecule has 0 atom stereocenters. The molecule has 0 bridgehead atoms. The summed E-state index contributed by atoms with van der Waals surface area (Å²) in [4.78, 5) is 14.1. The maximum absolute atomic E-state index is 12.2. The van der Waals surface area contributed by atoms with E-state index < -0.39 is 0 Å². The fourth-order valence-corrected chi connectivity index (χ4v) is 2.29. The third kappa shape index (κ3) is 4.15. The predicted molar refractivity (Wildman–Crippen MR) is 91.1 cm³/mol. The van der Waals surface area contributed by atoms with E-state index in [4.69, 9.17) is 16.3 Å². The van der Waals surface area contributed by atoms with Crippen molar-refractivity contribution < 1.29 is 9.53 Å². The number of halogens is 1. The molecule has 5 heteroatoms. The van der Waals surface area contributed by atoms with Crippen molar-refractivity contribution in [2.45, 2.75) is 6.42 Å². The summed E-state index contributed by atoms with van der Waals surface area (Å²) in [7, 11) is 5.45. The summed E-state index contributed by atoms with van der Waals surface area (Å²) in [5.41, 5.74) is 2.54. The van der Waals surface area contributed by atoms with Crippen LogP contribution in [-0.4, -0.2) is 27.1 Å². The molecule has 0 aliphatic carbocycles. The van der Waals surface area contributed by atoms with Crippen LogP contribution >= 0.6 is 11.6 Å². The molecule has 0 aliphatic rings. The summed E-state index contributed by atoms with van der Waals surface area (Å²) >= 11 is 6.01. The van der Waals surface area contributed by atoms with Gasteiger partial charge in [0.15, 0.2) is 0 Å². The molecule has 0 spiro atoms. The van der Waals surface area contributed by atoms with Gasteiger partial charge in [-0.15, -0.1) is 0 Å². The third-order valence-corrected chi connectivity index (χ3v) is 3.47. The van der Waals surface area contributed by atoms with Crippen LogP contribution in [0.4, 0.5) is 11.4 Å². The van der Waals surface area contributed by atoms with Gasteiger partial charge in [0.1, 0.15) is 5.75 Å². The number of methoxy groups -OCH3 is 1. The van der Waals surface area contributed by atoms with Gasteiger partial charge in [-0.1, -0.05) is 23.7 Å². The summed E-state index contributed by atoms with van der Waals surface area (Å²) in [6.45, 7) is 0. The molecular weight excluding hydrogens is 300 g/mol. The molecule has 2 aromatic carbocycles.